The molecule has 4 heterocycles. The lowest BCUT2D eigenvalue weighted by Gasteiger charge is -2.47. The molecule has 198 valence electrons. The summed E-state index contributed by atoms with van der Waals surface area (Å²) in [6, 6.07) is -1.22. The predicted molar refractivity (Wildman–Crippen MR) is 132 cm³/mol. The maximum Gasteiger partial charge on any atom is 0.353 e. The fourth-order valence-electron chi connectivity index (χ4n) is 5.64. The van der Waals surface area contributed by atoms with Crippen LogP contribution < -0.4 is 27.4 Å². The molecule has 4 aliphatic heterocycles. The number of fused-ring (bicyclic) bond motifs is 1. The number of aliphatic carboxylic acids is 1. The zero-order valence-electron chi connectivity index (χ0n) is 20.3. The monoisotopic (exact) mass is 522 g/mol. The molecule has 0 saturated carbocycles. The van der Waals surface area contributed by atoms with Gasteiger partial charge in [-0.1, -0.05) is 6.92 Å². The van der Waals surface area contributed by atoms with Crippen molar-refractivity contribution in [2.24, 2.45) is 23.3 Å². The van der Waals surface area contributed by atoms with Crippen LogP contribution in [0.3, 0.4) is 0 Å². The normalized spacial score (nSPS) is 32.2. The number of likely N-dealkylation sites (tertiary alicyclic amines) is 1. The van der Waals surface area contributed by atoms with Gasteiger partial charge in [-0.25, -0.2) is 4.79 Å². The van der Waals surface area contributed by atoms with Crippen LogP contribution in [0, 0.1) is 17.2 Å². The summed E-state index contributed by atoms with van der Waals surface area (Å²) in [6.07, 6.45) is 1.36. The number of thioether (sulfide) groups is 1. The van der Waals surface area contributed by atoms with Crippen LogP contribution in [-0.4, -0.2) is 100 Å². The number of carbonyl (C=O) groups is 4. The minimum absolute atomic E-state index is 0.00387. The fraction of sp³-hybridized carbons (Fsp3) is 0.682. The van der Waals surface area contributed by atoms with E-state index in [4.69, 9.17) is 16.9 Å². The molecule has 3 fully saturated rings. The van der Waals surface area contributed by atoms with Crippen molar-refractivity contribution in [2.45, 2.75) is 56.1 Å². The zero-order chi connectivity index (χ0) is 26.3. The van der Waals surface area contributed by atoms with Gasteiger partial charge in [0.1, 0.15) is 5.70 Å². The molecule has 0 aromatic heterocycles. The van der Waals surface area contributed by atoms with Gasteiger partial charge in [-0.05, 0) is 19.8 Å². The fourth-order valence-corrected chi connectivity index (χ4v) is 7.11. The van der Waals surface area contributed by atoms with Crippen LogP contribution in [0.4, 0.5) is 0 Å². The van der Waals surface area contributed by atoms with Gasteiger partial charge in [0.25, 0.3) is 0 Å². The molecule has 0 aromatic rings. The lowest BCUT2D eigenvalue weighted by atomic mass is 9.78. The Hall–Kier alpha value is -2.84. The number of nitrogens with two attached hydrogens (primary N) is 2. The topological polar surface area (TPSA) is 207 Å². The molecule has 13 nitrogen and oxygen atoms in total. The molecule has 4 aliphatic rings. The van der Waals surface area contributed by atoms with Crippen molar-refractivity contribution in [1.82, 2.24) is 25.8 Å². The highest BCUT2D eigenvalue weighted by Gasteiger charge is 2.60. The van der Waals surface area contributed by atoms with Gasteiger partial charge in [-0.3, -0.25) is 19.8 Å². The van der Waals surface area contributed by atoms with Crippen molar-refractivity contribution < 1.29 is 24.3 Å². The molecular weight excluding hydrogens is 488 g/mol. The molecule has 3 saturated heterocycles. The number of carboxylic acid groups (broad SMARTS) is 1. The third kappa shape index (κ3) is 4.89. The Labute approximate surface area is 213 Å². The van der Waals surface area contributed by atoms with Crippen LogP contribution in [0.25, 0.3) is 0 Å². The van der Waals surface area contributed by atoms with Gasteiger partial charge < -0.3 is 42.3 Å². The quantitative estimate of drug-likeness (QED) is 0.104. The van der Waals surface area contributed by atoms with Crippen molar-refractivity contribution in [1.29, 1.82) is 5.41 Å². The smallest absolute Gasteiger partial charge is 0.353 e. The summed E-state index contributed by atoms with van der Waals surface area (Å²) in [6.45, 7) is 5.19. The minimum Gasteiger partial charge on any atom is -0.477 e. The summed E-state index contributed by atoms with van der Waals surface area (Å²) in [5, 5.41) is 25.5. The van der Waals surface area contributed by atoms with E-state index in [9.17, 15) is 24.3 Å². The van der Waals surface area contributed by atoms with E-state index in [1.807, 2.05) is 6.92 Å². The van der Waals surface area contributed by atoms with Crippen LogP contribution >= 0.6 is 11.8 Å². The first kappa shape index (κ1) is 26.2. The summed E-state index contributed by atoms with van der Waals surface area (Å²) in [7, 11) is 0. The summed E-state index contributed by atoms with van der Waals surface area (Å²) in [5.41, 5.74) is 11.1. The summed E-state index contributed by atoms with van der Waals surface area (Å²) >= 11 is 1.42. The van der Waals surface area contributed by atoms with Gasteiger partial charge in [0.05, 0.1) is 24.5 Å². The Kier molecular flexibility index (Phi) is 7.48. The highest BCUT2D eigenvalue weighted by Crippen LogP contribution is 2.51. The number of rotatable bonds is 8. The molecule has 14 heteroatoms. The van der Waals surface area contributed by atoms with Gasteiger partial charge >= 0.3 is 5.97 Å². The van der Waals surface area contributed by atoms with Crippen molar-refractivity contribution >= 4 is 41.4 Å². The van der Waals surface area contributed by atoms with Gasteiger partial charge in [-0.2, -0.15) is 0 Å². The average molecular weight is 523 g/mol. The van der Waals surface area contributed by atoms with Gasteiger partial charge in [0.2, 0.25) is 17.7 Å². The van der Waals surface area contributed by atoms with E-state index in [1.54, 1.807) is 11.8 Å². The molecular formula is C22H34N8O5S. The number of carbonyl (C=O) groups excluding carboxylic acids is 3. The highest BCUT2D eigenvalue weighted by molar-refractivity contribution is 8.03. The molecule has 1 unspecified atom stereocenters. The van der Waals surface area contributed by atoms with E-state index in [0.29, 0.717) is 31.0 Å². The third-order valence-electron chi connectivity index (χ3n) is 7.38. The summed E-state index contributed by atoms with van der Waals surface area (Å²) in [4.78, 5) is 53.9. The number of nitrogens with zero attached hydrogens (tertiary/aromatic N) is 2. The molecule has 3 amide bonds. The first-order valence-corrected chi connectivity index (χ1v) is 13.0. The van der Waals surface area contributed by atoms with Crippen LogP contribution in [0.15, 0.2) is 10.6 Å². The first-order chi connectivity index (χ1) is 17.0. The van der Waals surface area contributed by atoms with E-state index in [-0.39, 0.29) is 59.3 Å². The number of carboxylic acids is 1. The van der Waals surface area contributed by atoms with E-state index >= 15 is 0 Å². The standard InChI is InChI=1S/C22H34N8O5S/c1-9-16-15(10(2)28-14(31)7-27-22(24)25)20(33)30(16)17(21(34)35)18(9)36-12-5-13(26-6-12)19(32)29-4-3-11(23)8-29/h9-13,15-16,26H,3-8,23H2,1-2H3,(H,28,31)(H,34,35)(H4,24,25,27)/t9-,10-,11+,12?,13+,15-,16-/m1/s1. The molecule has 0 bridgehead atoms. The molecule has 0 aromatic carbocycles. The lowest BCUT2D eigenvalue weighted by molar-refractivity contribution is -0.158. The second-order valence-corrected chi connectivity index (χ2v) is 11.3. The van der Waals surface area contributed by atoms with Crippen LogP contribution in [0.1, 0.15) is 26.7 Å². The SMILES string of the molecule is C[C@@H](NC(=O)CNC(=N)N)[C@H]1C(=O)N2C(C(=O)O)=C(SC3CN[C@H](C(=O)N4CC[C@H](N)C4)C3)[C@H](C)[C@H]12. The van der Waals surface area contributed by atoms with Crippen LogP contribution in [-0.2, 0) is 19.2 Å². The Balaban J connectivity index is 1.41. The maximum atomic E-state index is 13.0. The maximum absolute atomic E-state index is 13.0. The Morgan fingerprint density at radius 1 is 1.36 bits per heavy atom. The number of guanidine groups is 1. The third-order valence-corrected chi connectivity index (χ3v) is 8.89. The number of nitrogens with one attached hydrogen (secondary N) is 4. The van der Waals surface area contributed by atoms with Crippen LogP contribution in [0.5, 0.6) is 0 Å². The Morgan fingerprint density at radius 2 is 2.08 bits per heavy atom. The largest absolute Gasteiger partial charge is 0.477 e. The second kappa shape index (κ2) is 10.3. The molecule has 36 heavy (non-hydrogen) atoms. The van der Waals surface area contributed by atoms with Gasteiger partial charge in [-0.15, -0.1) is 11.8 Å². The number of β-lactam (4-membered cyclic amide) rings is 1. The zero-order valence-corrected chi connectivity index (χ0v) is 21.1. The average Bonchev–Trinajstić information content (AvgIpc) is 3.50. The Morgan fingerprint density at radius 3 is 2.69 bits per heavy atom. The van der Waals surface area contributed by atoms with Crippen molar-refractivity contribution in [3.63, 3.8) is 0 Å². The van der Waals surface area contributed by atoms with E-state index in [2.05, 4.69) is 16.0 Å². The minimum atomic E-state index is -1.16. The number of hydrogen-bond acceptors (Lipinski definition) is 8. The summed E-state index contributed by atoms with van der Waals surface area (Å²) < 4.78 is 0. The molecule has 0 radical (unpaired) electrons. The van der Waals surface area contributed by atoms with Crippen molar-refractivity contribution in [3.05, 3.63) is 10.6 Å². The predicted octanol–water partition coefficient (Wildman–Crippen LogP) is -2.23. The molecule has 0 spiro atoms. The molecule has 4 rings (SSSR count). The molecule has 0 aliphatic carbocycles. The highest BCUT2D eigenvalue weighted by atomic mass is 32.2. The van der Waals surface area contributed by atoms with Crippen molar-refractivity contribution in [3.8, 4) is 0 Å². The Bertz CT molecular complexity index is 1000. The van der Waals surface area contributed by atoms with Gasteiger partial charge in [0, 0.05) is 47.8 Å². The van der Waals surface area contributed by atoms with Crippen LogP contribution in [0.2, 0.25) is 0 Å². The molecule has 9 N–H and O–H groups in total. The summed E-state index contributed by atoms with van der Waals surface area (Å²) in [5.74, 6) is -3.02. The second-order valence-electron chi connectivity index (χ2n) is 9.92. The van der Waals surface area contributed by atoms with Crippen molar-refractivity contribution in [2.75, 3.05) is 26.2 Å². The van der Waals surface area contributed by atoms with E-state index in [0.717, 1.165) is 6.42 Å². The number of hydrogen-bond donors (Lipinski definition) is 7. The lowest BCUT2D eigenvalue weighted by Crippen LogP contribution is -2.66. The van der Waals surface area contributed by atoms with E-state index < -0.39 is 23.8 Å². The van der Waals surface area contributed by atoms with E-state index in [1.165, 1.54) is 16.7 Å². The van der Waals surface area contributed by atoms with Gasteiger partial charge in [0.15, 0.2) is 5.96 Å². The molecule has 7 atom stereocenters. The first-order valence-electron chi connectivity index (χ1n) is 12.1. The number of amides is 3.